The van der Waals surface area contributed by atoms with Crippen LogP contribution in [-0.2, 0) is 19.9 Å². The van der Waals surface area contributed by atoms with E-state index < -0.39 is 31.8 Å². The van der Waals surface area contributed by atoms with E-state index in [0.717, 1.165) is 25.7 Å². The number of sulfone groups is 1. The molecular weight excluding hydrogens is 452 g/mol. The molecule has 0 saturated carbocycles. The zero-order chi connectivity index (χ0) is 23.5. The third-order valence-corrected chi connectivity index (χ3v) is 9.72. The predicted molar refractivity (Wildman–Crippen MR) is 123 cm³/mol. The summed E-state index contributed by atoms with van der Waals surface area (Å²) in [6.45, 7) is 5.24. The molecule has 0 aromatic heterocycles. The van der Waals surface area contributed by atoms with Crippen LogP contribution in [0.1, 0.15) is 56.3 Å². The van der Waals surface area contributed by atoms with Gasteiger partial charge in [-0.2, -0.15) is 4.31 Å². The second kappa shape index (κ2) is 10.1. The number of ether oxygens (including phenoxy) is 1. The lowest BCUT2D eigenvalue weighted by Gasteiger charge is -2.30. The van der Waals surface area contributed by atoms with Crippen molar-refractivity contribution in [2.45, 2.75) is 56.9 Å². The number of hydrogen-bond acceptors (Lipinski definition) is 6. The molecular formula is C22H34N2O6S2. The van der Waals surface area contributed by atoms with Crippen molar-refractivity contribution in [2.75, 3.05) is 38.2 Å². The third-order valence-electron chi connectivity index (χ3n) is 6.08. The minimum absolute atomic E-state index is 0.0556. The van der Waals surface area contributed by atoms with Gasteiger partial charge in [0.2, 0.25) is 10.0 Å². The SMILES string of the molecule is COc1ccc(S(=O)(=O)N2CCCCCC2)cc1C(=O)N(CC(C)C)[C@H]1CCS(=O)(=O)C1. The molecule has 180 valence electrons. The van der Waals surface area contributed by atoms with Gasteiger partial charge in [0.1, 0.15) is 5.75 Å². The number of carbonyl (C=O) groups is 1. The van der Waals surface area contributed by atoms with E-state index in [4.69, 9.17) is 4.74 Å². The van der Waals surface area contributed by atoms with E-state index in [2.05, 4.69) is 0 Å². The lowest BCUT2D eigenvalue weighted by Crippen LogP contribution is -2.43. The van der Waals surface area contributed by atoms with Crippen molar-refractivity contribution < 1.29 is 26.4 Å². The Kier molecular flexibility index (Phi) is 7.88. The Balaban J connectivity index is 1.98. The van der Waals surface area contributed by atoms with Gasteiger partial charge in [0, 0.05) is 25.7 Å². The second-order valence-electron chi connectivity index (χ2n) is 9.09. The van der Waals surface area contributed by atoms with Crippen LogP contribution in [0.25, 0.3) is 0 Å². The smallest absolute Gasteiger partial charge is 0.257 e. The van der Waals surface area contributed by atoms with Crippen molar-refractivity contribution in [3.8, 4) is 5.75 Å². The van der Waals surface area contributed by atoms with Crippen LogP contribution in [0.15, 0.2) is 23.1 Å². The van der Waals surface area contributed by atoms with Gasteiger partial charge < -0.3 is 9.64 Å². The molecule has 2 fully saturated rings. The summed E-state index contributed by atoms with van der Waals surface area (Å²) in [7, 11) is -5.49. The monoisotopic (exact) mass is 486 g/mol. The number of rotatable bonds is 7. The molecule has 1 aromatic rings. The highest BCUT2D eigenvalue weighted by Crippen LogP contribution is 2.29. The van der Waals surface area contributed by atoms with Gasteiger partial charge in [0.25, 0.3) is 5.91 Å². The maximum atomic E-state index is 13.6. The fraction of sp³-hybridized carbons (Fsp3) is 0.682. The van der Waals surface area contributed by atoms with Gasteiger partial charge in [0.15, 0.2) is 9.84 Å². The van der Waals surface area contributed by atoms with Gasteiger partial charge in [0.05, 0.1) is 29.1 Å². The average Bonchev–Trinajstić information content (AvgIpc) is 2.94. The van der Waals surface area contributed by atoms with E-state index in [9.17, 15) is 21.6 Å². The molecule has 1 atom stereocenters. The molecule has 1 amide bonds. The van der Waals surface area contributed by atoms with Gasteiger partial charge in [-0.15, -0.1) is 0 Å². The van der Waals surface area contributed by atoms with E-state index in [1.165, 1.54) is 29.6 Å². The Labute approximate surface area is 191 Å². The summed E-state index contributed by atoms with van der Waals surface area (Å²) >= 11 is 0. The molecule has 8 nitrogen and oxygen atoms in total. The Bertz CT molecular complexity index is 1030. The van der Waals surface area contributed by atoms with E-state index in [-0.39, 0.29) is 33.6 Å². The second-order valence-corrected chi connectivity index (χ2v) is 13.3. The molecule has 0 spiro atoms. The van der Waals surface area contributed by atoms with E-state index in [1.54, 1.807) is 4.90 Å². The summed E-state index contributed by atoms with van der Waals surface area (Å²) in [5.41, 5.74) is 0.147. The van der Waals surface area contributed by atoms with Crippen LogP contribution in [0.2, 0.25) is 0 Å². The Hall–Kier alpha value is -1.65. The molecule has 0 radical (unpaired) electrons. The maximum absolute atomic E-state index is 13.6. The van der Waals surface area contributed by atoms with Gasteiger partial charge in [-0.25, -0.2) is 16.8 Å². The fourth-order valence-corrected chi connectivity index (χ4v) is 7.69. The van der Waals surface area contributed by atoms with Crippen molar-refractivity contribution in [1.29, 1.82) is 0 Å². The van der Waals surface area contributed by atoms with E-state index >= 15 is 0 Å². The summed E-state index contributed by atoms with van der Waals surface area (Å²) in [4.78, 5) is 15.3. The van der Waals surface area contributed by atoms with Crippen LogP contribution in [-0.4, -0.2) is 76.2 Å². The molecule has 2 aliphatic heterocycles. The molecule has 1 aromatic carbocycles. The standard InChI is InChI=1S/C22H34N2O6S2/c1-17(2)15-24(18-10-13-31(26,27)16-18)22(25)20-14-19(8-9-21(20)30-3)32(28,29)23-11-6-4-5-7-12-23/h8-9,14,17-18H,4-7,10-13,15-16H2,1-3H3/t18-/m0/s1. The summed E-state index contributed by atoms with van der Waals surface area (Å²) in [6, 6.07) is 3.95. The van der Waals surface area contributed by atoms with E-state index in [1.807, 2.05) is 13.8 Å². The normalized spacial score (nSPS) is 21.9. The first-order chi connectivity index (χ1) is 15.0. The number of benzene rings is 1. The van der Waals surface area contributed by atoms with Crippen molar-refractivity contribution >= 4 is 25.8 Å². The number of methoxy groups -OCH3 is 1. The molecule has 0 N–H and O–H groups in total. The number of carbonyl (C=O) groups excluding carboxylic acids is 1. The molecule has 3 rings (SSSR count). The molecule has 10 heteroatoms. The number of nitrogens with zero attached hydrogens (tertiary/aromatic N) is 2. The molecule has 2 heterocycles. The van der Waals surface area contributed by atoms with Crippen LogP contribution in [0.3, 0.4) is 0 Å². The Morgan fingerprint density at radius 3 is 2.38 bits per heavy atom. The molecule has 32 heavy (non-hydrogen) atoms. The number of amides is 1. The van der Waals surface area contributed by atoms with Crippen LogP contribution in [0.5, 0.6) is 5.75 Å². The summed E-state index contributed by atoms with van der Waals surface area (Å²) in [5.74, 6) is -0.0122. The first-order valence-electron chi connectivity index (χ1n) is 11.2. The van der Waals surface area contributed by atoms with Crippen LogP contribution in [0.4, 0.5) is 0 Å². The molecule has 2 saturated heterocycles. The Morgan fingerprint density at radius 1 is 1.19 bits per heavy atom. The summed E-state index contributed by atoms with van der Waals surface area (Å²) < 4.78 is 57.6. The van der Waals surface area contributed by atoms with Crippen molar-refractivity contribution in [3.05, 3.63) is 23.8 Å². The molecule has 0 bridgehead atoms. The third kappa shape index (κ3) is 5.63. The minimum Gasteiger partial charge on any atom is -0.496 e. The fourth-order valence-electron chi connectivity index (χ4n) is 4.41. The van der Waals surface area contributed by atoms with Crippen molar-refractivity contribution in [2.24, 2.45) is 5.92 Å². The first-order valence-corrected chi connectivity index (χ1v) is 14.5. The largest absolute Gasteiger partial charge is 0.496 e. The van der Waals surface area contributed by atoms with Crippen LogP contribution < -0.4 is 4.74 Å². The van der Waals surface area contributed by atoms with Crippen LogP contribution >= 0.6 is 0 Å². The zero-order valence-corrected chi connectivity index (χ0v) is 20.8. The van der Waals surface area contributed by atoms with Gasteiger partial charge >= 0.3 is 0 Å². The quantitative estimate of drug-likeness (QED) is 0.587. The lowest BCUT2D eigenvalue weighted by atomic mass is 10.1. The van der Waals surface area contributed by atoms with Gasteiger partial charge in [-0.1, -0.05) is 26.7 Å². The van der Waals surface area contributed by atoms with Gasteiger partial charge in [-0.3, -0.25) is 4.79 Å². The summed E-state index contributed by atoms with van der Waals surface area (Å²) in [6.07, 6.45) is 4.04. The first kappa shape index (κ1) is 25.0. The predicted octanol–water partition coefficient (Wildman–Crippen LogP) is 2.55. The average molecular weight is 487 g/mol. The molecule has 0 unspecified atom stereocenters. The zero-order valence-electron chi connectivity index (χ0n) is 19.1. The van der Waals surface area contributed by atoms with Crippen molar-refractivity contribution in [3.63, 3.8) is 0 Å². The molecule has 0 aliphatic carbocycles. The number of hydrogen-bond donors (Lipinski definition) is 0. The topological polar surface area (TPSA) is 101 Å². The Morgan fingerprint density at radius 2 is 1.84 bits per heavy atom. The highest BCUT2D eigenvalue weighted by molar-refractivity contribution is 7.91. The minimum atomic E-state index is -3.74. The maximum Gasteiger partial charge on any atom is 0.257 e. The highest BCUT2D eigenvalue weighted by atomic mass is 32.2. The molecule has 2 aliphatic rings. The highest BCUT2D eigenvalue weighted by Gasteiger charge is 2.36. The van der Waals surface area contributed by atoms with Crippen molar-refractivity contribution in [1.82, 2.24) is 9.21 Å². The van der Waals surface area contributed by atoms with Crippen LogP contribution in [0, 0.1) is 5.92 Å². The number of sulfonamides is 1. The summed E-state index contributed by atoms with van der Waals surface area (Å²) in [5, 5.41) is 0. The lowest BCUT2D eigenvalue weighted by molar-refractivity contribution is 0.0668. The van der Waals surface area contributed by atoms with Gasteiger partial charge in [-0.05, 0) is 43.4 Å². The van der Waals surface area contributed by atoms with E-state index in [0.29, 0.717) is 26.1 Å².